The third kappa shape index (κ3) is 5.13. The molecule has 0 radical (unpaired) electrons. The maximum absolute atomic E-state index is 12.5. The Balaban J connectivity index is 2.96. The van der Waals surface area contributed by atoms with Gasteiger partial charge < -0.3 is 10.0 Å². The molecule has 0 aromatic heterocycles. The molecule has 0 atom stereocenters. The number of halogens is 2. The zero-order chi connectivity index (χ0) is 15.3. The van der Waals surface area contributed by atoms with Crippen LogP contribution in [-0.2, 0) is 4.79 Å². The summed E-state index contributed by atoms with van der Waals surface area (Å²) in [7, 11) is 0. The lowest BCUT2D eigenvalue weighted by atomic mass is 10.1. The number of carbonyl (C=O) groups is 2. The van der Waals surface area contributed by atoms with Gasteiger partial charge in [-0.2, -0.15) is 0 Å². The lowest BCUT2D eigenvalue weighted by Crippen LogP contribution is -2.36. The normalized spacial score (nSPS) is 10.7. The van der Waals surface area contributed by atoms with Crippen molar-refractivity contribution in [2.24, 2.45) is 5.92 Å². The molecule has 0 aliphatic heterocycles. The third-order valence-corrected chi connectivity index (χ3v) is 3.45. The highest BCUT2D eigenvalue weighted by atomic mass is 79.9. The fourth-order valence-electron chi connectivity index (χ4n) is 1.78. The van der Waals surface area contributed by atoms with Gasteiger partial charge in [-0.3, -0.25) is 9.59 Å². The Morgan fingerprint density at radius 3 is 2.60 bits per heavy atom. The quantitative estimate of drug-likeness (QED) is 0.840. The smallest absolute Gasteiger partial charge is 0.305 e. The Morgan fingerprint density at radius 2 is 2.05 bits per heavy atom. The highest BCUT2D eigenvalue weighted by Crippen LogP contribution is 2.23. The molecule has 6 heteroatoms. The van der Waals surface area contributed by atoms with Crippen LogP contribution in [0, 0.1) is 5.92 Å². The summed E-state index contributed by atoms with van der Waals surface area (Å²) in [4.78, 5) is 24.7. The summed E-state index contributed by atoms with van der Waals surface area (Å²) in [6, 6.07) is 5.05. The number of aliphatic carboxylic acids is 1. The van der Waals surface area contributed by atoms with Crippen molar-refractivity contribution in [1.82, 2.24) is 4.90 Å². The molecule has 0 aliphatic rings. The molecular formula is C14H17BrClNO3. The maximum atomic E-state index is 12.5. The molecule has 0 fully saturated rings. The van der Waals surface area contributed by atoms with Crippen LogP contribution in [0.3, 0.4) is 0 Å². The topological polar surface area (TPSA) is 57.6 Å². The van der Waals surface area contributed by atoms with Crippen LogP contribution < -0.4 is 0 Å². The Kier molecular flexibility index (Phi) is 6.49. The highest BCUT2D eigenvalue weighted by Gasteiger charge is 2.20. The minimum atomic E-state index is -0.924. The first-order valence-corrected chi connectivity index (χ1v) is 7.44. The zero-order valence-corrected chi connectivity index (χ0v) is 13.7. The van der Waals surface area contributed by atoms with Crippen molar-refractivity contribution in [2.45, 2.75) is 20.3 Å². The Bertz CT molecular complexity index is 505. The van der Waals surface area contributed by atoms with Gasteiger partial charge in [-0.1, -0.05) is 41.4 Å². The maximum Gasteiger partial charge on any atom is 0.305 e. The van der Waals surface area contributed by atoms with Gasteiger partial charge in [-0.05, 0) is 24.1 Å². The van der Waals surface area contributed by atoms with E-state index in [2.05, 4.69) is 15.9 Å². The number of rotatable bonds is 6. The Morgan fingerprint density at radius 1 is 1.40 bits per heavy atom. The molecule has 1 amide bonds. The van der Waals surface area contributed by atoms with Gasteiger partial charge in [0.05, 0.1) is 17.0 Å². The van der Waals surface area contributed by atoms with Crippen LogP contribution in [0.15, 0.2) is 22.7 Å². The van der Waals surface area contributed by atoms with Gasteiger partial charge in [0.15, 0.2) is 0 Å². The second kappa shape index (κ2) is 7.64. The molecule has 0 aliphatic carbocycles. The molecular weight excluding hydrogens is 346 g/mol. The van der Waals surface area contributed by atoms with Crippen LogP contribution in [0.5, 0.6) is 0 Å². The molecule has 0 spiro atoms. The zero-order valence-electron chi connectivity index (χ0n) is 11.4. The van der Waals surface area contributed by atoms with Crippen molar-refractivity contribution >= 4 is 39.4 Å². The van der Waals surface area contributed by atoms with Crippen molar-refractivity contribution in [3.05, 3.63) is 33.3 Å². The molecule has 4 nitrogen and oxygen atoms in total. The van der Waals surface area contributed by atoms with E-state index in [9.17, 15) is 9.59 Å². The molecule has 1 rings (SSSR count). The number of hydrogen-bond acceptors (Lipinski definition) is 2. The lowest BCUT2D eigenvalue weighted by molar-refractivity contribution is -0.137. The van der Waals surface area contributed by atoms with E-state index in [0.29, 0.717) is 17.1 Å². The Hall–Kier alpha value is -1.07. The average molecular weight is 363 g/mol. The Labute approximate surface area is 131 Å². The van der Waals surface area contributed by atoms with E-state index in [0.717, 1.165) is 4.47 Å². The van der Waals surface area contributed by atoms with Crippen LogP contribution in [0.25, 0.3) is 0 Å². The number of carbonyl (C=O) groups excluding carboxylic acids is 1. The second-order valence-electron chi connectivity index (χ2n) is 4.91. The van der Waals surface area contributed by atoms with Crippen LogP contribution in [0.1, 0.15) is 30.6 Å². The van der Waals surface area contributed by atoms with E-state index in [1.807, 2.05) is 13.8 Å². The van der Waals surface area contributed by atoms with Gasteiger partial charge in [-0.15, -0.1) is 0 Å². The van der Waals surface area contributed by atoms with Gasteiger partial charge in [0, 0.05) is 17.6 Å². The molecule has 1 aromatic carbocycles. The summed E-state index contributed by atoms with van der Waals surface area (Å²) >= 11 is 9.35. The van der Waals surface area contributed by atoms with Crippen molar-refractivity contribution in [3.63, 3.8) is 0 Å². The molecule has 0 bridgehead atoms. The first-order chi connectivity index (χ1) is 9.31. The van der Waals surface area contributed by atoms with Crippen molar-refractivity contribution in [1.29, 1.82) is 0 Å². The monoisotopic (exact) mass is 361 g/mol. The minimum Gasteiger partial charge on any atom is -0.481 e. The minimum absolute atomic E-state index is 0.0793. The molecule has 0 unspecified atom stereocenters. The molecule has 0 heterocycles. The van der Waals surface area contributed by atoms with E-state index in [1.54, 1.807) is 18.2 Å². The molecule has 1 aromatic rings. The second-order valence-corrected chi connectivity index (χ2v) is 6.24. The summed E-state index contributed by atoms with van der Waals surface area (Å²) in [6.45, 7) is 4.62. The first kappa shape index (κ1) is 17.0. The summed E-state index contributed by atoms with van der Waals surface area (Å²) in [6.07, 6.45) is -0.0793. The van der Waals surface area contributed by atoms with Crippen LogP contribution >= 0.6 is 27.5 Å². The summed E-state index contributed by atoms with van der Waals surface area (Å²) in [5.41, 5.74) is 0.382. The van der Waals surface area contributed by atoms with Gasteiger partial charge in [0.1, 0.15) is 0 Å². The number of benzene rings is 1. The fraction of sp³-hybridized carbons (Fsp3) is 0.429. The number of nitrogens with zero attached hydrogens (tertiary/aromatic N) is 1. The summed E-state index contributed by atoms with van der Waals surface area (Å²) in [5.74, 6) is -0.920. The first-order valence-electron chi connectivity index (χ1n) is 6.27. The highest BCUT2D eigenvalue weighted by molar-refractivity contribution is 9.10. The van der Waals surface area contributed by atoms with Crippen LogP contribution in [-0.4, -0.2) is 35.0 Å². The van der Waals surface area contributed by atoms with Crippen molar-refractivity contribution < 1.29 is 14.7 Å². The van der Waals surface area contributed by atoms with E-state index < -0.39 is 5.97 Å². The molecule has 110 valence electrons. The van der Waals surface area contributed by atoms with E-state index in [1.165, 1.54) is 4.90 Å². The number of carboxylic acid groups (broad SMARTS) is 1. The number of carboxylic acids is 1. The van der Waals surface area contributed by atoms with Gasteiger partial charge in [-0.25, -0.2) is 0 Å². The fourth-order valence-corrected chi connectivity index (χ4v) is 2.34. The van der Waals surface area contributed by atoms with Gasteiger partial charge in [0.25, 0.3) is 5.91 Å². The van der Waals surface area contributed by atoms with E-state index in [4.69, 9.17) is 16.7 Å². The summed E-state index contributed by atoms with van der Waals surface area (Å²) in [5, 5.41) is 9.14. The van der Waals surface area contributed by atoms with Crippen LogP contribution in [0.2, 0.25) is 5.02 Å². The van der Waals surface area contributed by atoms with Crippen molar-refractivity contribution in [2.75, 3.05) is 13.1 Å². The average Bonchev–Trinajstić information content (AvgIpc) is 2.36. The van der Waals surface area contributed by atoms with Crippen LogP contribution in [0.4, 0.5) is 0 Å². The van der Waals surface area contributed by atoms with E-state index >= 15 is 0 Å². The van der Waals surface area contributed by atoms with E-state index in [-0.39, 0.29) is 24.8 Å². The van der Waals surface area contributed by atoms with Gasteiger partial charge >= 0.3 is 5.97 Å². The van der Waals surface area contributed by atoms with Crippen molar-refractivity contribution in [3.8, 4) is 0 Å². The van der Waals surface area contributed by atoms with Gasteiger partial charge in [0.2, 0.25) is 0 Å². The molecule has 20 heavy (non-hydrogen) atoms. The molecule has 0 saturated heterocycles. The number of hydrogen-bond donors (Lipinski definition) is 1. The summed E-state index contributed by atoms with van der Waals surface area (Å²) < 4.78 is 0.757. The SMILES string of the molecule is CC(C)CN(CCC(=O)O)C(=O)c1cc(Br)ccc1Cl. The number of amides is 1. The predicted octanol–water partition coefficient (Wildman–Crippen LogP) is 3.68. The standard InChI is InChI=1S/C14H17BrClNO3/c1-9(2)8-17(6-5-13(18)19)14(20)11-7-10(15)3-4-12(11)16/h3-4,7,9H,5-6,8H2,1-2H3,(H,18,19). The lowest BCUT2D eigenvalue weighted by Gasteiger charge is -2.24. The third-order valence-electron chi connectivity index (χ3n) is 2.63. The largest absolute Gasteiger partial charge is 0.481 e. The molecule has 0 saturated carbocycles. The molecule has 1 N–H and O–H groups in total. The predicted molar refractivity (Wildman–Crippen MR) is 82.1 cm³/mol.